The lowest BCUT2D eigenvalue weighted by Crippen LogP contribution is -2.39. The SMILES string of the molecule is COCCNCCNC(=O)CNS(=O)(=O)c1ccc2c(c1)COC2.Cl. The van der Waals surface area contributed by atoms with Gasteiger partial charge in [0, 0.05) is 26.7 Å². The fraction of sp³-hybridized carbons (Fsp3) is 0.533. The zero-order chi connectivity index (χ0) is 17.4. The number of sulfonamides is 1. The normalized spacial score (nSPS) is 13.2. The number of benzene rings is 1. The molecule has 0 saturated carbocycles. The molecule has 0 unspecified atom stereocenters. The summed E-state index contributed by atoms with van der Waals surface area (Å²) in [5, 5.41) is 5.71. The first-order valence-electron chi connectivity index (χ1n) is 7.68. The first kappa shape index (κ1) is 21.8. The number of hydrogen-bond donors (Lipinski definition) is 3. The van der Waals surface area contributed by atoms with Crippen LogP contribution in [0.25, 0.3) is 0 Å². The van der Waals surface area contributed by atoms with Crippen molar-refractivity contribution in [1.82, 2.24) is 15.4 Å². The minimum atomic E-state index is -3.72. The van der Waals surface area contributed by atoms with Crippen molar-refractivity contribution in [2.24, 2.45) is 0 Å². The standard InChI is InChI=1S/C15H23N3O5S.ClH/c1-22-7-6-16-4-5-17-15(19)9-18-24(20,21)14-3-2-12-10-23-11-13(12)8-14;/h2-3,8,16,18H,4-7,9-11H2,1H3,(H,17,19);1H. The molecule has 0 radical (unpaired) electrons. The van der Waals surface area contributed by atoms with E-state index in [1.54, 1.807) is 19.2 Å². The average molecular weight is 394 g/mol. The van der Waals surface area contributed by atoms with Crippen LogP contribution in [0, 0.1) is 0 Å². The fourth-order valence-electron chi connectivity index (χ4n) is 2.21. The molecule has 142 valence electrons. The van der Waals surface area contributed by atoms with E-state index in [2.05, 4.69) is 15.4 Å². The molecule has 1 aliphatic rings. The number of halogens is 1. The molecule has 1 aliphatic heterocycles. The number of carbonyl (C=O) groups is 1. The van der Waals surface area contributed by atoms with Crippen molar-refractivity contribution < 1.29 is 22.7 Å². The molecule has 0 bridgehead atoms. The molecule has 0 aromatic heterocycles. The Bertz CT molecular complexity index is 669. The highest BCUT2D eigenvalue weighted by molar-refractivity contribution is 7.89. The minimum absolute atomic E-state index is 0. The Balaban J connectivity index is 0.00000312. The summed E-state index contributed by atoms with van der Waals surface area (Å²) in [4.78, 5) is 11.8. The maximum Gasteiger partial charge on any atom is 0.241 e. The number of carbonyl (C=O) groups excluding carboxylic acids is 1. The molecule has 3 N–H and O–H groups in total. The molecule has 8 nitrogen and oxygen atoms in total. The number of fused-ring (bicyclic) bond motifs is 1. The molecule has 1 aromatic carbocycles. The van der Waals surface area contributed by atoms with Crippen LogP contribution in [0.2, 0.25) is 0 Å². The molecule has 1 amide bonds. The second kappa shape index (κ2) is 10.7. The number of ether oxygens (including phenoxy) is 2. The minimum Gasteiger partial charge on any atom is -0.383 e. The molecule has 0 atom stereocenters. The summed E-state index contributed by atoms with van der Waals surface area (Å²) in [7, 11) is -2.10. The van der Waals surface area contributed by atoms with E-state index < -0.39 is 10.0 Å². The van der Waals surface area contributed by atoms with E-state index in [4.69, 9.17) is 9.47 Å². The highest BCUT2D eigenvalue weighted by Crippen LogP contribution is 2.22. The van der Waals surface area contributed by atoms with Gasteiger partial charge in [0.25, 0.3) is 0 Å². The number of amides is 1. The Morgan fingerprint density at radius 2 is 1.96 bits per heavy atom. The summed E-state index contributed by atoms with van der Waals surface area (Å²) in [6.45, 7) is 2.92. The molecule has 25 heavy (non-hydrogen) atoms. The Kier molecular flexibility index (Phi) is 9.33. The van der Waals surface area contributed by atoms with Gasteiger partial charge in [0.15, 0.2) is 0 Å². The largest absolute Gasteiger partial charge is 0.383 e. The van der Waals surface area contributed by atoms with Gasteiger partial charge in [0.1, 0.15) is 0 Å². The van der Waals surface area contributed by atoms with Gasteiger partial charge in [0.05, 0.1) is 31.3 Å². The van der Waals surface area contributed by atoms with Crippen molar-refractivity contribution in [2.45, 2.75) is 18.1 Å². The molecular weight excluding hydrogens is 370 g/mol. The van der Waals surface area contributed by atoms with Crippen LogP contribution in [-0.2, 0) is 37.5 Å². The third-order valence-electron chi connectivity index (χ3n) is 3.53. The molecule has 2 rings (SSSR count). The smallest absolute Gasteiger partial charge is 0.241 e. The van der Waals surface area contributed by atoms with Crippen molar-refractivity contribution in [3.63, 3.8) is 0 Å². The van der Waals surface area contributed by atoms with Gasteiger partial charge in [0.2, 0.25) is 15.9 Å². The maximum absolute atomic E-state index is 12.2. The third kappa shape index (κ3) is 6.89. The second-order valence-corrected chi connectivity index (χ2v) is 7.11. The summed E-state index contributed by atoms with van der Waals surface area (Å²) < 4.78 is 36.9. The van der Waals surface area contributed by atoms with Crippen molar-refractivity contribution >= 4 is 28.3 Å². The summed E-state index contributed by atoms with van der Waals surface area (Å²) in [5.41, 5.74) is 1.86. The third-order valence-corrected chi connectivity index (χ3v) is 4.93. The Morgan fingerprint density at radius 1 is 1.20 bits per heavy atom. The van der Waals surface area contributed by atoms with Crippen LogP contribution < -0.4 is 15.4 Å². The monoisotopic (exact) mass is 393 g/mol. The van der Waals surface area contributed by atoms with Crippen LogP contribution in [0.1, 0.15) is 11.1 Å². The van der Waals surface area contributed by atoms with E-state index in [0.29, 0.717) is 39.5 Å². The van der Waals surface area contributed by atoms with E-state index in [-0.39, 0.29) is 29.8 Å². The molecule has 0 fully saturated rings. The van der Waals surface area contributed by atoms with Crippen molar-refractivity contribution in [1.29, 1.82) is 0 Å². The van der Waals surface area contributed by atoms with E-state index in [0.717, 1.165) is 11.1 Å². The van der Waals surface area contributed by atoms with E-state index in [1.165, 1.54) is 6.07 Å². The van der Waals surface area contributed by atoms with Crippen LogP contribution in [0.15, 0.2) is 23.1 Å². The highest BCUT2D eigenvalue weighted by atomic mass is 35.5. The zero-order valence-corrected chi connectivity index (χ0v) is 15.7. The Hall–Kier alpha value is -1.23. The van der Waals surface area contributed by atoms with Crippen LogP contribution in [0.3, 0.4) is 0 Å². The topological polar surface area (TPSA) is 106 Å². The zero-order valence-electron chi connectivity index (χ0n) is 14.0. The number of nitrogens with one attached hydrogen (secondary N) is 3. The van der Waals surface area contributed by atoms with Crippen molar-refractivity contribution in [3.8, 4) is 0 Å². The number of methoxy groups -OCH3 is 1. The molecule has 1 aromatic rings. The lowest BCUT2D eigenvalue weighted by atomic mass is 10.1. The average Bonchev–Trinajstić information content (AvgIpc) is 3.04. The quantitative estimate of drug-likeness (QED) is 0.474. The molecule has 0 spiro atoms. The van der Waals surface area contributed by atoms with Gasteiger partial charge in [-0.3, -0.25) is 4.79 Å². The van der Waals surface area contributed by atoms with Gasteiger partial charge in [-0.25, -0.2) is 13.1 Å². The van der Waals surface area contributed by atoms with Crippen molar-refractivity contribution in [3.05, 3.63) is 29.3 Å². The molecule has 10 heteroatoms. The summed E-state index contributed by atoms with van der Waals surface area (Å²) in [6, 6.07) is 4.85. The lowest BCUT2D eigenvalue weighted by Gasteiger charge is -2.09. The van der Waals surface area contributed by atoms with Gasteiger partial charge in [-0.1, -0.05) is 6.07 Å². The first-order valence-corrected chi connectivity index (χ1v) is 9.17. The maximum atomic E-state index is 12.2. The summed E-state index contributed by atoms with van der Waals surface area (Å²) in [5.74, 6) is -0.378. The molecular formula is C15H24ClN3O5S. The molecule has 0 saturated heterocycles. The highest BCUT2D eigenvalue weighted by Gasteiger charge is 2.19. The predicted molar refractivity (Wildman–Crippen MR) is 95.1 cm³/mol. The van der Waals surface area contributed by atoms with Gasteiger partial charge in [-0.05, 0) is 23.3 Å². The molecule has 0 aliphatic carbocycles. The van der Waals surface area contributed by atoms with Crippen LogP contribution in [-0.4, -0.2) is 54.2 Å². The Morgan fingerprint density at radius 3 is 2.72 bits per heavy atom. The van der Waals surface area contributed by atoms with Gasteiger partial charge >= 0.3 is 0 Å². The van der Waals surface area contributed by atoms with Crippen molar-refractivity contribution in [2.75, 3.05) is 39.9 Å². The van der Waals surface area contributed by atoms with Crippen LogP contribution >= 0.6 is 12.4 Å². The summed E-state index contributed by atoms with van der Waals surface area (Å²) >= 11 is 0. The Labute approximate surface area is 154 Å². The van der Waals surface area contributed by atoms with E-state index >= 15 is 0 Å². The number of rotatable bonds is 10. The van der Waals surface area contributed by atoms with E-state index in [1.807, 2.05) is 0 Å². The summed E-state index contributed by atoms with van der Waals surface area (Å²) in [6.07, 6.45) is 0. The van der Waals surface area contributed by atoms with E-state index in [9.17, 15) is 13.2 Å². The van der Waals surface area contributed by atoms with Gasteiger partial charge < -0.3 is 20.1 Å². The van der Waals surface area contributed by atoms with Gasteiger partial charge in [-0.15, -0.1) is 12.4 Å². The number of hydrogen-bond acceptors (Lipinski definition) is 6. The second-order valence-electron chi connectivity index (χ2n) is 5.34. The van der Waals surface area contributed by atoms with Gasteiger partial charge in [-0.2, -0.15) is 0 Å². The van der Waals surface area contributed by atoms with Crippen LogP contribution in [0.4, 0.5) is 0 Å². The lowest BCUT2D eigenvalue weighted by molar-refractivity contribution is -0.119. The molecule has 1 heterocycles. The van der Waals surface area contributed by atoms with Crippen LogP contribution in [0.5, 0.6) is 0 Å². The first-order chi connectivity index (χ1) is 11.5. The predicted octanol–water partition coefficient (Wildman–Crippen LogP) is -0.231. The fourth-order valence-corrected chi connectivity index (χ4v) is 3.24.